The second kappa shape index (κ2) is 5.80. The topological polar surface area (TPSA) is 21.3 Å². The number of hydrogen-bond acceptors (Lipinski definition) is 3. The number of ether oxygens (including phenoxy) is 1. The van der Waals surface area contributed by atoms with Gasteiger partial charge < -0.3 is 10.1 Å². The largest absolute Gasteiger partial charge is 0.378 e. The standard InChI is InChI=1S/C13H21NOS/c1-10-6-8-16-13(10)12(14-2)9-11-5-3-4-7-15-11/h6,8,11-12,14H,3-5,7,9H2,1-2H3. The zero-order valence-electron chi connectivity index (χ0n) is 10.2. The molecule has 16 heavy (non-hydrogen) atoms. The van der Waals surface area contributed by atoms with Gasteiger partial charge in [0, 0.05) is 17.5 Å². The van der Waals surface area contributed by atoms with E-state index in [1.807, 2.05) is 18.4 Å². The van der Waals surface area contributed by atoms with Crippen LogP contribution in [0.15, 0.2) is 11.4 Å². The number of hydrogen-bond donors (Lipinski definition) is 1. The lowest BCUT2D eigenvalue weighted by atomic mass is 10.00. The maximum absolute atomic E-state index is 5.81. The van der Waals surface area contributed by atoms with Gasteiger partial charge in [0.25, 0.3) is 0 Å². The van der Waals surface area contributed by atoms with Gasteiger partial charge in [-0.25, -0.2) is 0 Å². The van der Waals surface area contributed by atoms with Crippen LogP contribution in [0.4, 0.5) is 0 Å². The molecule has 3 heteroatoms. The first-order valence-corrected chi connectivity index (χ1v) is 7.02. The second-order valence-corrected chi connectivity index (χ2v) is 5.48. The third-order valence-corrected chi connectivity index (χ3v) is 4.47. The van der Waals surface area contributed by atoms with E-state index in [2.05, 4.69) is 23.7 Å². The van der Waals surface area contributed by atoms with Gasteiger partial charge in [0.2, 0.25) is 0 Å². The highest BCUT2D eigenvalue weighted by Gasteiger charge is 2.21. The molecule has 2 atom stereocenters. The SMILES string of the molecule is CNC(CC1CCCCO1)c1sccc1C. The molecule has 0 saturated carbocycles. The quantitative estimate of drug-likeness (QED) is 0.870. The fourth-order valence-corrected chi connectivity index (χ4v) is 3.40. The van der Waals surface area contributed by atoms with Gasteiger partial charge in [0.1, 0.15) is 0 Å². The summed E-state index contributed by atoms with van der Waals surface area (Å²) in [5, 5.41) is 5.60. The lowest BCUT2D eigenvalue weighted by molar-refractivity contribution is 0.00566. The van der Waals surface area contributed by atoms with Crippen LogP contribution in [-0.2, 0) is 4.74 Å². The lowest BCUT2D eigenvalue weighted by Gasteiger charge is -2.26. The summed E-state index contributed by atoms with van der Waals surface area (Å²) in [5.41, 5.74) is 1.40. The first-order chi connectivity index (χ1) is 7.81. The first kappa shape index (κ1) is 12.1. The average Bonchev–Trinajstić information content (AvgIpc) is 2.74. The van der Waals surface area contributed by atoms with E-state index in [9.17, 15) is 0 Å². The Morgan fingerprint density at radius 3 is 3.00 bits per heavy atom. The maximum Gasteiger partial charge on any atom is 0.0593 e. The predicted molar refractivity (Wildman–Crippen MR) is 69.1 cm³/mol. The van der Waals surface area contributed by atoms with E-state index in [4.69, 9.17) is 4.74 Å². The summed E-state index contributed by atoms with van der Waals surface area (Å²) in [7, 11) is 2.05. The Labute approximate surface area is 102 Å². The van der Waals surface area contributed by atoms with Crippen LogP contribution in [0.5, 0.6) is 0 Å². The van der Waals surface area contributed by atoms with E-state index in [0.717, 1.165) is 13.0 Å². The first-order valence-electron chi connectivity index (χ1n) is 6.14. The van der Waals surface area contributed by atoms with Gasteiger partial charge in [-0.2, -0.15) is 0 Å². The molecule has 2 unspecified atom stereocenters. The highest BCUT2D eigenvalue weighted by molar-refractivity contribution is 7.10. The fourth-order valence-electron chi connectivity index (χ4n) is 2.35. The van der Waals surface area contributed by atoms with Gasteiger partial charge >= 0.3 is 0 Å². The molecule has 1 saturated heterocycles. The highest BCUT2D eigenvalue weighted by atomic mass is 32.1. The second-order valence-electron chi connectivity index (χ2n) is 4.53. The average molecular weight is 239 g/mol. The summed E-state index contributed by atoms with van der Waals surface area (Å²) in [4.78, 5) is 1.47. The van der Waals surface area contributed by atoms with Crippen molar-refractivity contribution in [1.82, 2.24) is 5.32 Å². The zero-order valence-corrected chi connectivity index (χ0v) is 11.0. The molecule has 90 valence electrons. The van der Waals surface area contributed by atoms with E-state index < -0.39 is 0 Å². The Kier molecular flexibility index (Phi) is 4.38. The molecule has 0 spiro atoms. The van der Waals surface area contributed by atoms with Crippen LogP contribution in [0, 0.1) is 6.92 Å². The van der Waals surface area contributed by atoms with Crippen LogP contribution >= 0.6 is 11.3 Å². The third-order valence-electron chi connectivity index (χ3n) is 3.34. The molecule has 0 bridgehead atoms. The van der Waals surface area contributed by atoms with Crippen LogP contribution in [-0.4, -0.2) is 19.8 Å². The van der Waals surface area contributed by atoms with Gasteiger partial charge in [0.15, 0.2) is 0 Å². The van der Waals surface area contributed by atoms with Gasteiger partial charge in [-0.3, -0.25) is 0 Å². The van der Waals surface area contributed by atoms with Crippen molar-refractivity contribution in [1.29, 1.82) is 0 Å². The summed E-state index contributed by atoms with van der Waals surface area (Å²) in [6.45, 7) is 3.14. The van der Waals surface area contributed by atoms with E-state index >= 15 is 0 Å². The van der Waals surface area contributed by atoms with Gasteiger partial charge in [-0.1, -0.05) is 0 Å². The molecule has 0 aromatic carbocycles. The molecule has 2 heterocycles. The zero-order chi connectivity index (χ0) is 11.4. The molecule has 1 fully saturated rings. The predicted octanol–water partition coefficient (Wildman–Crippen LogP) is 3.28. The van der Waals surface area contributed by atoms with E-state index in [-0.39, 0.29) is 0 Å². The van der Waals surface area contributed by atoms with Crippen molar-refractivity contribution >= 4 is 11.3 Å². The Morgan fingerprint density at radius 1 is 1.56 bits per heavy atom. The Morgan fingerprint density at radius 2 is 2.44 bits per heavy atom. The molecule has 1 aliphatic rings. The molecule has 1 aromatic heterocycles. The van der Waals surface area contributed by atoms with E-state index in [0.29, 0.717) is 12.1 Å². The minimum atomic E-state index is 0.452. The Hall–Kier alpha value is -0.380. The summed E-state index contributed by atoms with van der Waals surface area (Å²) in [6, 6.07) is 2.66. The maximum atomic E-state index is 5.81. The van der Waals surface area contributed by atoms with Gasteiger partial charge in [-0.15, -0.1) is 11.3 Å². The molecule has 0 aliphatic carbocycles. The van der Waals surface area contributed by atoms with E-state index in [1.54, 1.807) is 0 Å². The van der Waals surface area contributed by atoms with Crippen LogP contribution < -0.4 is 5.32 Å². The van der Waals surface area contributed by atoms with Gasteiger partial charge in [0.05, 0.1) is 6.10 Å². The van der Waals surface area contributed by atoms with E-state index in [1.165, 1.54) is 29.7 Å². The molecule has 2 nitrogen and oxygen atoms in total. The Balaban J connectivity index is 1.97. The van der Waals surface area contributed by atoms with Crippen molar-refractivity contribution in [3.63, 3.8) is 0 Å². The minimum absolute atomic E-state index is 0.452. The number of rotatable bonds is 4. The third kappa shape index (κ3) is 2.84. The van der Waals surface area contributed by atoms with Crippen LogP contribution in [0.1, 0.15) is 42.2 Å². The molecule has 1 N–H and O–H groups in total. The molecule has 1 aromatic rings. The molecule has 0 amide bonds. The summed E-state index contributed by atoms with van der Waals surface area (Å²) in [6.07, 6.45) is 5.34. The summed E-state index contributed by atoms with van der Waals surface area (Å²) < 4.78 is 5.81. The lowest BCUT2D eigenvalue weighted by Crippen LogP contribution is -2.26. The number of aryl methyl sites for hydroxylation is 1. The smallest absolute Gasteiger partial charge is 0.0593 e. The Bertz CT molecular complexity index is 317. The van der Waals surface area contributed by atoms with Crippen molar-refractivity contribution in [3.05, 3.63) is 21.9 Å². The molecular weight excluding hydrogens is 218 g/mol. The van der Waals surface area contributed by atoms with Crippen molar-refractivity contribution in [2.24, 2.45) is 0 Å². The monoisotopic (exact) mass is 239 g/mol. The van der Waals surface area contributed by atoms with Crippen LogP contribution in [0.2, 0.25) is 0 Å². The number of nitrogens with one attached hydrogen (secondary N) is 1. The van der Waals surface area contributed by atoms with Crippen LogP contribution in [0.25, 0.3) is 0 Å². The normalized spacial score (nSPS) is 23.2. The van der Waals surface area contributed by atoms with Crippen molar-refractivity contribution in [2.75, 3.05) is 13.7 Å². The van der Waals surface area contributed by atoms with Crippen molar-refractivity contribution in [2.45, 2.75) is 44.8 Å². The number of thiophene rings is 1. The molecule has 2 rings (SSSR count). The van der Waals surface area contributed by atoms with Gasteiger partial charge in [-0.05, 0) is 56.7 Å². The molecule has 1 aliphatic heterocycles. The summed E-state index contributed by atoms with van der Waals surface area (Å²) >= 11 is 1.85. The van der Waals surface area contributed by atoms with Crippen molar-refractivity contribution in [3.8, 4) is 0 Å². The van der Waals surface area contributed by atoms with Crippen LogP contribution in [0.3, 0.4) is 0 Å². The summed E-state index contributed by atoms with van der Waals surface area (Å²) in [5.74, 6) is 0. The van der Waals surface area contributed by atoms with Crippen molar-refractivity contribution < 1.29 is 4.74 Å². The minimum Gasteiger partial charge on any atom is -0.378 e. The molecular formula is C13H21NOS. The highest BCUT2D eigenvalue weighted by Crippen LogP contribution is 2.29. The molecule has 0 radical (unpaired) electrons. The fraction of sp³-hybridized carbons (Fsp3) is 0.692.